The molecule has 4 rings (SSSR count). The van der Waals surface area contributed by atoms with Crippen molar-refractivity contribution in [1.29, 1.82) is 5.26 Å². The van der Waals surface area contributed by atoms with Crippen LogP contribution in [-0.4, -0.2) is 22.5 Å². The molecule has 2 N–H and O–H groups in total. The van der Waals surface area contributed by atoms with Gasteiger partial charge in [0, 0.05) is 0 Å². The molecule has 0 spiro atoms. The normalized spacial score (nSPS) is 19.5. The van der Waals surface area contributed by atoms with Gasteiger partial charge in [0.05, 0.1) is 11.5 Å². The molecule has 2 saturated carbocycles. The molecule has 2 fully saturated rings. The Bertz CT molecular complexity index is 968. The minimum Gasteiger partial charge on any atom is -0.408 e. The van der Waals surface area contributed by atoms with Gasteiger partial charge in [-0.15, -0.1) is 0 Å². The average Bonchev–Trinajstić information content (AvgIpc) is 3.48. The van der Waals surface area contributed by atoms with E-state index in [0.29, 0.717) is 42.0 Å². The molecule has 1 amide bonds. The predicted octanol–water partition coefficient (Wildman–Crippen LogP) is 3.11. The van der Waals surface area contributed by atoms with Crippen molar-refractivity contribution in [3.63, 3.8) is 0 Å². The van der Waals surface area contributed by atoms with E-state index in [1.165, 1.54) is 19.3 Å². The first-order valence-corrected chi connectivity index (χ1v) is 9.98. The number of nitrogens with zero attached hydrogens (tertiary/aromatic N) is 2. The first kappa shape index (κ1) is 18.5. The van der Waals surface area contributed by atoms with E-state index in [-0.39, 0.29) is 5.91 Å². The van der Waals surface area contributed by atoms with Gasteiger partial charge in [0.25, 0.3) is 0 Å². The van der Waals surface area contributed by atoms with E-state index in [1.54, 1.807) is 18.2 Å². The molecule has 1 heterocycles. The molecule has 1 aromatic carbocycles. The van der Waals surface area contributed by atoms with Gasteiger partial charge in [-0.1, -0.05) is 44.2 Å². The number of nitrogens with one attached hydrogen (secondary N) is 2. The second kappa shape index (κ2) is 7.63. The van der Waals surface area contributed by atoms with Gasteiger partial charge in [-0.2, -0.15) is 10.2 Å². The van der Waals surface area contributed by atoms with Crippen molar-refractivity contribution in [3.05, 3.63) is 34.8 Å². The van der Waals surface area contributed by atoms with Crippen molar-refractivity contribution < 1.29 is 9.21 Å². The summed E-state index contributed by atoms with van der Waals surface area (Å²) in [6.45, 7) is 0. The van der Waals surface area contributed by atoms with Gasteiger partial charge < -0.3 is 15.1 Å². The largest absolute Gasteiger partial charge is 0.441 e. The minimum atomic E-state index is -0.727. The van der Waals surface area contributed by atoms with Gasteiger partial charge in [-0.25, -0.2) is 4.79 Å². The third-order valence-corrected chi connectivity index (χ3v) is 5.79. The van der Waals surface area contributed by atoms with Crippen LogP contribution >= 0.6 is 0 Å². The molecular formula is C21H24N4O3. The smallest absolute Gasteiger partial charge is 0.408 e. The number of nitriles is 1. The number of benzene rings is 1. The van der Waals surface area contributed by atoms with Crippen LogP contribution in [-0.2, 0) is 4.79 Å². The zero-order valence-corrected chi connectivity index (χ0v) is 15.7. The molecule has 2 aliphatic carbocycles. The van der Waals surface area contributed by atoms with Crippen molar-refractivity contribution in [2.45, 2.75) is 62.9 Å². The lowest BCUT2D eigenvalue weighted by Crippen LogP contribution is -2.46. The van der Waals surface area contributed by atoms with Crippen LogP contribution in [0.3, 0.4) is 0 Å². The molecule has 0 aliphatic heterocycles. The van der Waals surface area contributed by atoms with Crippen LogP contribution < -0.4 is 16.4 Å². The number of para-hydroxylation sites is 1. The van der Waals surface area contributed by atoms with Crippen molar-refractivity contribution >= 4 is 22.7 Å². The monoisotopic (exact) mass is 380 g/mol. The summed E-state index contributed by atoms with van der Waals surface area (Å²) in [5, 5.41) is 16.1. The van der Waals surface area contributed by atoms with Gasteiger partial charge in [-0.3, -0.25) is 4.79 Å². The van der Waals surface area contributed by atoms with Crippen molar-refractivity contribution in [1.82, 2.24) is 10.3 Å². The van der Waals surface area contributed by atoms with E-state index >= 15 is 0 Å². The van der Waals surface area contributed by atoms with Crippen molar-refractivity contribution in [2.24, 2.45) is 5.92 Å². The molecule has 7 nitrogen and oxygen atoms in total. The van der Waals surface area contributed by atoms with Gasteiger partial charge in [0.1, 0.15) is 23.0 Å². The van der Waals surface area contributed by atoms with Gasteiger partial charge in [0.15, 0.2) is 0 Å². The highest BCUT2D eigenvalue weighted by Gasteiger charge is 2.45. The molecule has 1 aromatic heterocycles. The maximum atomic E-state index is 13.0. The number of rotatable bonds is 6. The van der Waals surface area contributed by atoms with Gasteiger partial charge in [0.2, 0.25) is 5.91 Å². The minimum absolute atomic E-state index is 0.205. The first-order valence-electron chi connectivity index (χ1n) is 9.98. The maximum absolute atomic E-state index is 13.0. The number of hydrogen-bond acceptors (Lipinski definition) is 6. The Morgan fingerprint density at radius 3 is 2.75 bits per heavy atom. The predicted molar refractivity (Wildman–Crippen MR) is 105 cm³/mol. The third kappa shape index (κ3) is 4.01. The second-order valence-electron chi connectivity index (χ2n) is 7.94. The quantitative estimate of drug-likeness (QED) is 0.797. The Kier molecular flexibility index (Phi) is 5.03. The number of amides is 1. The summed E-state index contributed by atoms with van der Waals surface area (Å²) in [4.78, 5) is 28.8. The fraction of sp³-hybridized carbons (Fsp3) is 0.524. The summed E-state index contributed by atoms with van der Waals surface area (Å²) < 4.78 is 5.15. The summed E-state index contributed by atoms with van der Waals surface area (Å²) in [6, 6.07) is 8.78. The molecule has 0 radical (unpaired) electrons. The fourth-order valence-electron chi connectivity index (χ4n) is 4.00. The average molecular weight is 380 g/mol. The SMILES string of the molecule is N#CC1(NC(=O)[C@H](CC2CCCCC2)Nc2nc(=O)oc3ccccc23)CC1. The molecule has 7 heteroatoms. The maximum Gasteiger partial charge on any atom is 0.441 e. The lowest BCUT2D eigenvalue weighted by atomic mass is 9.84. The molecule has 2 aromatic rings. The van der Waals surface area contributed by atoms with Crippen LogP contribution in [0.5, 0.6) is 0 Å². The van der Waals surface area contributed by atoms with Crippen molar-refractivity contribution in [3.8, 4) is 6.07 Å². The van der Waals surface area contributed by atoms with Crippen molar-refractivity contribution in [2.75, 3.05) is 5.32 Å². The van der Waals surface area contributed by atoms with Gasteiger partial charge >= 0.3 is 5.76 Å². The number of carbonyl (C=O) groups is 1. The lowest BCUT2D eigenvalue weighted by molar-refractivity contribution is -0.122. The van der Waals surface area contributed by atoms with E-state index in [2.05, 4.69) is 21.7 Å². The first-order chi connectivity index (χ1) is 13.6. The number of hydrogen-bond donors (Lipinski definition) is 2. The molecule has 0 saturated heterocycles. The number of carbonyl (C=O) groups excluding carboxylic acids is 1. The second-order valence-corrected chi connectivity index (χ2v) is 7.94. The van der Waals surface area contributed by atoms with E-state index in [0.717, 1.165) is 12.8 Å². The van der Waals surface area contributed by atoms with Crippen LogP contribution in [0.1, 0.15) is 51.4 Å². The summed E-state index contributed by atoms with van der Waals surface area (Å²) >= 11 is 0. The number of fused-ring (bicyclic) bond motifs is 1. The molecule has 146 valence electrons. The standard InChI is InChI=1S/C21H24N4O3/c22-13-21(10-11-21)25-19(26)16(12-14-6-2-1-3-7-14)23-18-15-8-4-5-9-17(15)28-20(27)24-18/h4-5,8-9,14,16H,1-3,6-7,10-12H2,(H,25,26)(H,23,24,27)/t16-/m0/s1. The third-order valence-electron chi connectivity index (χ3n) is 5.79. The highest BCUT2D eigenvalue weighted by atomic mass is 16.4. The summed E-state index contributed by atoms with van der Waals surface area (Å²) in [7, 11) is 0. The van der Waals surface area contributed by atoms with Crippen LogP contribution in [0.2, 0.25) is 0 Å². The molecule has 28 heavy (non-hydrogen) atoms. The Morgan fingerprint density at radius 1 is 1.29 bits per heavy atom. The highest BCUT2D eigenvalue weighted by Crippen LogP contribution is 2.35. The molecule has 0 bridgehead atoms. The fourth-order valence-corrected chi connectivity index (χ4v) is 4.00. The molecular weight excluding hydrogens is 356 g/mol. The van der Waals surface area contributed by atoms with Crippen LogP contribution in [0.4, 0.5) is 5.82 Å². The van der Waals surface area contributed by atoms with Crippen LogP contribution in [0, 0.1) is 17.2 Å². The number of aromatic nitrogens is 1. The zero-order valence-electron chi connectivity index (χ0n) is 15.7. The summed E-state index contributed by atoms with van der Waals surface area (Å²) in [5.74, 6) is -0.109. The summed E-state index contributed by atoms with van der Waals surface area (Å²) in [6.07, 6.45) is 7.81. The van der Waals surface area contributed by atoms with Crippen LogP contribution in [0.25, 0.3) is 11.0 Å². The van der Waals surface area contributed by atoms with E-state index in [9.17, 15) is 14.9 Å². The van der Waals surface area contributed by atoms with E-state index in [1.807, 2.05) is 6.07 Å². The molecule has 0 unspecified atom stereocenters. The van der Waals surface area contributed by atoms with E-state index < -0.39 is 17.3 Å². The molecule has 2 aliphatic rings. The lowest BCUT2D eigenvalue weighted by Gasteiger charge is -2.27. The van der Waals surface area contributed by atoms with Crippen LogP contribution in [0.15, 0.2) is 33.5 Å². The number of anilines is 1. The molecule has 1 atom stereocenters. The Hall–Kier alpha value is -2.88. The summed E-state index contributed by atoms with van der Waals surface area (Å²) in [5.41, 5.74) is -0.299. The Balaban J connectivity index is 1.60. The highest BCUT2D eigenvalue weighted by molar-refractivity contribution is 5.91. The Labute approximate surface area is 163 Å². The Morgan fingerprint density at radius 2 is 2.04 bits per heavy atom. The zero-order chi connectivity index (χ0) is 19.6. The topological polar surface area (TPSA) is 108 Å². The van der Waals surface area contributed by atoms with Gasteiger partial charge in [-0.05, 0) is 37.3 Å². The van der Waals surface area contributed by atoms with E-state index in [4.69, 9.17) is 4.42 Å².